The molecule has 2 atom stereocenters. The molecule has 0 amide bonds. The molecular weight excluding hydrogens is 274 g/mol. The molecule has 2 unspecified atom stereocenters. The number of hydrogen-bond acceptors (Lipinski definition) is 5. The zero-order valence-corrected chi connectivity index (χ0v) is 10.8. The number of anilines is 1. The Morgan fingerprint density at radius 3 is 2.60 bits per heavy atom. The molecule has 8 heteroatoms. The fraction of sp³-hybridized carbons (Fsp3) is 0.500. The van der Waals surface area contributed by atoms with Crippen molar-refractivity contribution in [2.45, 2.75) is 19.1 Å². The molecule has 1 N–H and O–H groups in total. The Labute approximate surface area is 113 Å². The number of nitro groups is 1. The highest BCUT2D eigenvalue weighted by molar-refractivity contribution is 5.55. The van der Waals surface area contributed by atoms with Gasteiger partial charge in [-0.25, -0.2) is 8.78 Å². The zero-order valence-electron chi connectivity index (χ0n) is 10.8. The molecule has 6 nitrogen and oxygen atoms in total. The van der Waals surface area contributed by atoms with Gasteiger partial charge >= 0.3 is 0 Å². The minimum atomic E-state index is -0.998. The van der Waals surface area contributed by atoms with Crippen molar-refractivity contribution in [2.75, 3.05) is 24.7 Å². The quantitative estimate of drug-likeness (QED) is 0.673. The lowest BCUT2D eigenvalue weighted by Gasteiger charge is -2.39. The number of hydrogen-bond donors (Lipinski definition) is 1. The van der Waals surface area contributed by atoms with Crippen molar-refractivity contribution in [3.05, 3.63) is 33.9 Å². The third-order valence-corrected chi connectivity index (χ3v) is 3.21. The van der Waals surface area contributed by atoms with Gasteiger partial charge in [-0.15, -0.1) is 0 Å². The molecule has 1 fully saturated rings. The summed E-state index contributed by atoms with van der Waals surface area (Å²) in [6.45, 7) is 1.78. The topological polar surface area (TPSA) is 75.8 Å². The largest absolute Gasteiger partial charge is 0.394 e. The van der Waals surface area contributed by atoms with Crippen LogP contribution in [0.25, 0.3) is 0 Å². The number of ether oxygens (including phenoxy) is 1. The first-order valence-corrected chi connectivity index (χ1v) is 6.06. The number of benzene rings is 1. The van der Waals surface area contributed by atoms with Crippen molar-refractivity contribution in [3.8, 4) is 0 Å². The highest BCUT2D eigenvalue weighted by Crippen LogP contribution is 2.31. The summed E-state index contributed by atoms with van der Waals surface area (Å²) in [4.78, 5) is 11.1. The number of aliphatic hydroxyl groups excluding tert-OH is 1. The molecule has 1 aliphatic heterocycles. The summed E-state index contributed by atoms with van der Waals surface area (Å²) in [5.74, 6) is -2.00. The molecule has 1 aromatic carbocycles. The monoisotopic (exact) mass is 288 g/mol. The van der Waals surface area contributed by atoms with E-state index in [2.05, 4.69) is 0 Å². The van der Waals surface area contributed by atoms with Gasteiger partial charge in [0.1, 0.15) is 5.69 Å². The minimum absolute atomic E-state index is 0.114. The van der Waals surface area contributed by atoms with E-state index in [1.807, 2.05) is 0 Å². The molecule has 110 valence electrons. The zero-order chi connectivity index (χ0) is 14.9. The van der Waals surface area contributed by atoms with Crippen LogP contribution in [-0.4, -0.2) is 41.9 Å². The molecule has 1 aliphatic rings. The summed E-state index contributed by atoms with van der Waals surface area (Å²) in [5.41, 5.74) is -0.965. The average Bonchev–Trinajstić information content (AvgIpc) is 2.39. The average molecular weight is 288 g/mol. The van der Waals surface area contributed by atoms with Crippen molar-refractivity contribution in [1.82, 2.24) is 0 Å². The number of non-ortho nitro benzene ring substituents is 1. The molecule has 1 heterocycles. The van der Waals surface area contributed by atoms with E-state index in [-0.39, 0.29) is 31.5 Å². The second-order valence-corrected chi connectivity index (χ2v) is 4.65. The van der Waals surface area contributed by atoms with E-state index in [0.717, 1.165) is 0 Å². The van der Waals surface area contributed by atoms with Gasteiger partial charge in [0.2, 0.25) is 0 Å². The summed E-state index contributed by atoms with van der Waals surface area (Å²) in [6, 6.07) is 1.08. The third-order valence-electron chi connectivity index (χ3n) is 3.21. The smallest absolute Gasteiger partial charge is 0.275 e. The summed E-state index contributed by atoms with van der Waals surface area (Å²) in [7, 11) is 0. The van der Waals surface area contributed by atoms with E-state index in [1.54, 1.807) is 6.92 Å². The van der Waals surface area contributed by atoms with Crippen LogP contribution in [0.5, 0.6) is 0 Å². The molecule has 0 radical (unpaired) electrons. The van der Waals surface area contributed by atoms with Gasteiger partial charge in [0.25, 0.3) is 5.69 Å². The number of rotatable bonds is 3. The van der Waals surface area contributed by atoms with E-state index >= 15 is 0 Å². The summed E-state index contributed by atoms with van der Waals surface area (Å²) in [5, 5.41) is 19.6. The third kappa shape index (κ3) is 2.70. The summed E-state index contributed by atoms with van der Waals surface area (Å²) >= 11 is 0. The van der Waals surface area contributed by atoms with Gasteiger partial charge in [-0.3, -0.25) is 10.1 Å². The van der Waals surface area contributed by atoms with Gasteiger partial charge in [-0.2, -0.15) is 0 Å². The SMILES string of the molecule is CC1COC(CO)CN1c1c(F)cc([N+](=O)[O-])cc1F. The first kappa shape index (κ1) is 14.6. The second-order valence-electron chi connectivity index (χ2n) is 4.65. The lowest BCUT2D eigenvalue weighted by molar-refractivity contribution is -0.385. The maximum atomic E-state index is 14.0. The van der Waals surface area contributed by atoms with Crippen LogP contribution >= 0.6 is 0 Å². The normalized spacial score (nSPS) is 22.9. The van der Waals surface area contributed by atoms with Crippen LogP contribution in [0.15, 0.2) is 12.1 Å². The summed E-state index contributed by atoms with van der Waals surface area (Å²) < 4.78 is 33.2. The van der Waals surface area contributed by atoms with E-state index in [9.17, 15) is 18.9 Å². The summed E-state index contributed by atoms with van der Waals surface area (Å²) in [6.07, 6.45) is -0.541. The Bertz CT molecular complexity index is 503. The molecule has 0 saturated carbocycles. The van der Waals surface area contributed by atoms with E-state index in [0.29, 0.717) is 12.1 Å². The lowest BCUT2D eigenvalue weighted by Crippen LogP contribution is -2.50. The Balaban J connectivity index is 2.38. The van der Waals surface area contributed by atoms with Gasteiger partial charge < -0.3 is 14.7 Å². The van der Waals surface area contributed by atoms with E-state index in [1.165, 1.54) is 4.90 Å². The van der Waals surface area contributed by atoms with Crippen molar-refractivity contribution in [1.29, 1.82) is 0 Å². The van der Waals surface area contributed by atoms with Crippen LogP contribution in [0, 0.1) is 21.7 Å². The van der Waals surface area contributed by atoms with E-state index < -0.39 is 28.3 Å². The molecular formula is C12H14F2N2O4. The molecule has 0 aromatic heterocycles. The van der Waals surface area contributed by atoms with Crippen LogP contribution in [0.4, 0.5) is 20.2 Å². The Morgan fingerprint density at radius 2 is 2.10 bits per heavy atom. The van der Waals surface area contributed by atoms with Gasteiger partial charge in [0.05, 0.1) is 36.4 Å². The first-order valence-electron chi connectivity index (χ1n) is 6.06. The van der Waals surface area contributed by atoms with Gasteiger partial charge in [-0.1, -0.05) is 0 Å². The molecule has 1 aromatic rings. The fourth-order valence-corrected chi connectivity index (χ4v) is 2.17. The van der Waals surface area contributed by atoms with Crippen LogP contribution in [0.3, 0.4) is 0 Å². The van der Waals surface area contributed by atoms with Crippen molar-refractivity contribution >= 4 is 11.4 Å². The highest BCUT2D eigenvalue weighted by Gasteiger charge is 2.30. The molecule has 0 aliphatic carbocycles. The number of halogens is 2. The fourth-order valence-electron chi connectivity index (χ4n) is 2.17. The predicted molar refractivity (Wildman–Crippen MR) is 66.6 cm³/mol. The lowest BCUT2D eigenvalue weighted by atomic mass is 10.1. The standard InChI is InChI=1S/C12H14F2N2O4/c1-7-6-20-9(5-17)4-15(7)12-10(13)2-8(16(18)19)3-11(12)14/h2-3,7,9,17H,4-6H2,1H3. The number of nitrogens with zero attached hydrogens (tertiary/aromatic N) is 2. The molecule has 0 spiro atoms. The molecule has 0 bridgehead atoms. The Morgan fingerprint density at radius 1 is 1.50 bits per heavy atom. The number of nitro benzene ring substituents is 1. The number of morpholine rings is 1. The molecule has 1 saturated heterocycles. The minimum Gasteiger partial charge on any atom is -0.394 e. The van der Waals surface area contributed by atoms with Crippen LogP contribution in [0.1, 0.15) is 6.92 Å². The Hall–Kier alpha value is -1.80. The maximum Gasteiger partial charge on any atom is 0.275 e. The maximum absolute atomic E-state index is 14.0. The first-order chi connectivity index (χ1) is 9.43. The van der Waals surface area contributed by atoms with Crippen molar-refractivity contribution in [3.63, 3.8) is 0 Å². The van der Waals surface area contributed by atoms with Crippen LogP contribution in [-0.2, 0) is 4.74 Å². The van der Waals surface area contributed by atoms with Crippen molar-refractivity contribution in [2.24, 2.45) is 0 Å². The molecule has 2 rings (SSSR count). The van der Waals surface area contributed by atoms with Crippen molar-refractivity contribution < 1.29 is 23.5 Å². The predicted octanol–water partition coefficient (Wildman–Crippen LogP) is 1.46. The number of aliphatic hydroxyl groups is 1. The highest BCUT2D eigenvalue weighted by atomic mass is 19.1. The van der Waals surface area contributed by atoms with Gasteiger partial charge in [0, 0.05) is 12.6 Å². The molecule has 20 heavy (non-hydrogen) atoms. The second kappa shape index (κ2) is 5.68. The van der Waals surface area contributed by atoms with E-state index in [4.69, 9.17) is 9.84 Å². The Kier molecular flexibility index (Phi) is 4.15. The van der Waals surface area contributed by atoms with Gasteiger partial charge in [-0.05, 0) is 6.92 Å². The van der Waals surface area contributed by atoms with Crippen LogP contribution < -0.4 is 4.90 Å². The van der Waals surface area contributed by atoms with Gasteiger partial charge in [0.15, 0.2) is 11.6 Å². The van der Waals surface area contributed by atoms with Crippen LogP contribution in [0.2, 0.25) is 0 Å².